The first-order valence-corrected chi connectivity index (χ1v) is 9.47. The van der Waals surface area contributed by atoms with E-state index in [9.17, 15) is 14.4 Å². The fraction of sp³-hybridized carbons (Fsp3) is 0.571. The molecule has 3 unspecified atom stereocenters. The summed E-state index contributed by atoms with van der Waals surface area (Å²) in [4.78, 5) is 37.0. The summed E-state index contributed by atoms with van der Waals surface area (Å²) in [6.45, 7) is 5.51. The van der Waals surface area contributed by atoms with Crippen LogP contribution in [0.4, 0.5) is 5.69 Å². The van der Waals surface area contributed by atoms with Crippen LogP contribution >= 0.6 is 0 Å². The van der Waals surface area contributed by atoms with Crippen LogP contribution in [-0.2, 0) is 19.1 Å². The van der Waals surface area contributed by atoms with Crippen LogP contribution in [0.15, 0.2) is 18.2 Å². The molecule has 0 radical (unpaired) electrons. The highest BCUT2D eigenvalue weighted by Gasteiger charge is 2.42. The van der Waals surface area contributed by atoms with Crippen molar-refractivity contribution in [1.82, 2.24) is 0 Å². The molecule has 2 aliphatic carbocycles. The number of carbonyl (C=O) groups is 3. The molecular formula is C21H27NO4. The summed E-state index contributed by atoms with van der Waals surface area (Å²) in [5.74, 6) is -0.630. The van der Waals surface area contributed by atoms with E-state index < -0.39 is 6.10 Å². The number of amides is 1. The van der Waals surface area contributed by atoms with E-state index >= 15 is 0 Å². The van der Waals surface area contributed by atoms with E-state index in [1.165, 1.54) is 0 Å². The van der Waals surface area contributed by atoms with Gasteiger partial charge in [0, 0.05) is 17.5 Å². The quantitative estimate of drug-likeness (QED) is 0.836. The first kappa shape index (κ1) is 18.6. The molecule has 0 saturated heterocycles. The van der Waals surface area contributed by atoms with Crippen molar-refractivity contribution in [2.75, 3.05) is 5.32 Å². The fourth-order valence-electron chi connectivity index (χ4n) is 4.18. The Bertz CT molecular complexity index is 711. The summed E-state index contributed by atoms with van der Waals surface area (Å²) in [7, 11) is 0. The van der Waals surface area contributed by atoms with E-state index in [2.05, 4.69) is 5.32 Å². The van der Waals surface area contributed by atoms with Gasteiger partial charge in [0.25, 0.3) is 5.91 Å². The first-order valence-electron chi connectivity index (χ1n) is 9.47. The second-order valence-corrected chi connectivity index (χ2v) is 7.78. The Hall–Kier alpha value is -2.17. The lowest BCUT2D eigenvalue weighted by molar-refractivity contribution is -0.161. The summed E-state index contributed by atoms with van der Waals surface area (Å²) < 4.78 is 5.43. The molecule has 5 heteroatoms. The highest BCUT2D eigenvalue weighted by atomic mass is 16.5. The maximum Gasteiger partial charge on any atom is 0.309 e. The summed E-state index contributed by atoms with van der Waals surface area (Å²) in [6, 6.07) is 5.77. The van der Waals surface area contributed by atoms with E-state index in [-0.39, 0.29) is 29.6 Å². The van der Waals surface area contributed by atoms with Gasteiger partial charge in [-0.3, -0.25) is 14.4 Å². The average molecular weight is 357 g/mol. The lowest BCUT2D eigenvalue weighted by Gasteiger charge is -2.36. The Kier molecular flexibility index (Phi) is 5.44. The maximum absolute atomic E-state index is 12.5. The minimum Gasteiger partial charge on any atom is -0.452 e. The molecule has 26 heavy (non-hydrogen) atoms. The number of nitrogens with one attached hydrogen (secondary N) is 1. The molecule has 0 aliphatic heterocycles. The summed E-state index contributed by atoms with van der Waals surface area (Å²) in [6.07, 6.45) is 3.10. The van der Waals surface area contributed by atoms with Crippen molar-refractivity contribution in [3.63, 3.8) is 0 Å². The fourth-order valence-corrected chi connectivity index (χ4v) is 4.18. The molecule has 3 rings (SSSR count). The van der Waals surface area contributed by atoms with E-state index in [0.717, 1.165) is 36.1 Å². The minimum absolute atomic E-state index is 0.000564. The average Bonchev–Trinajstić information content (AvgIpc) is 2.56. The number of ketones is 1. The van der Waals surface area contributed by atoms with Gasteiger partial charge in [-0.05, 0) is 58.1 Å². The lowest BCUT2D eigenvalue weighted by atomic mass is 9.67. The van der Waals surface area contributed by atoms with Gasteiger partial charge in [-0.2, -0.15) is 0 Å². The molecule has 2 fully saturated rings. The highest BCUT2D eigenvalue weighted by molar-refractivity contribution is 5.96. The second kappa shape index (κ2) is 7.60. The van der Waals surface area contributed by atoms with Crippen LogP contribution in [0, 0.1) is 31.6 Å². The predicted octanol–water partition coefficient (Wildman–Crippen LogP) is 3.57. The maximum atomic E-state index is 12.5. The van der Waals surface area contributed by atoms with Gasteiger partial charge in [0.15, 0.2) is 6.10 Å². The predicted molar refractivity (Wildman–Crippen MR) is 98.7 cm³/mol. The number of carbonyl (C=O) groups excluding carboxylic acids is 3. The third-order valence-corrected chi connectivity index (χ3v) is 5.68. The molecule has 0 aromatic heterocycles. The number of benzene rings is 1. The Morgan fingerprint density at radius 1 is 1.15 bits per heavy atom. The molecule has 0 spiro atoms. The van der Waals surface area contributed by atoms with Crippen molar-refractivity contribution in [2.24, 2.45) is 17.8 Å². The molecule has 1 amide bonds. The molecule has 1 N–H and O–H groups in total. The number of rotatable bonds is 4. The van der Waals surface area contributed by atoms with E-state index in [1.807, 2.05) is 32.0 Å². The first-order chi connectivity index (χ1) is 12.3. The lowest BCUT2D eigenvalue weighted by Crippen LogP contribution is -2.41. The zero-order chi connectivity index (χ0) is 18.8. The molecule has 2 aliphatic rings. The van der Waals surface area contributed by atoms with Gasteiger partial charge >= 0.3 is 5.97 Å². The minimum atomic E-state index is -0.860. The SMILES string of the molecule is Cc1ccc(NC(=O)C(C)OC(=O)C2CC3CCCC(C2)C3=O)c(C)c1. The van der Waals surface area contributed by atoms with Crippen LogP contribution in [0.3, 0.4) is 0 Å². The van der Waals surface area contributed by atoms with E-state index in [4.69, 9.17) is 4.74 Å². The number of ether oxygens (including phenoxy) is 1. The van der Waals surface area contributed by atoms with Gasteiger partial charge in [-0.25, -0.2) is 0 Å². The van der Waals surface area contributed by atoms with Crippen molar-refractivity contribution in [3.05, 3.63) is 29.3 Å². The van der Waals surface area contributed by atoms with Crippen molar-refractivity contribution in [2.45, 2.75) is 59.0 Å². The molecular weight excluding hydrogens is 330 g/mol. The normalized spacial score (nSPS) is 26.1. The summed E-state index contributed by atoms with van der Waals surface area (Å²) >= 11 is 0. The van der Waals surface area contributed by atoms with Gasteiger partial charge in [0.2, 0.25) is 0 Å². The molecule has 140 valence electrons. The molecule has 0 heterocycles. The monoisotopic (exact) mass is 357 g/mol. The van der Waals surface area contributed by atoms with Gasteiger partial charge in [-0.1, -0.05) is 24.1 Å². The molecule has 1 aromatic rings. The van der Waals surface area contributed by atoms with Crippen molar-refractivity contribution in [1.29, 1.82) is 0 Å². The number of hydrogen-bond acceptors (Lipinski definition) is 4. The Morgan fingerprint density at radius 2 is 1.81 bits per heavy atom. The van der Waals surface area contributed by atoms with Crippen LogP contribution in [0.2, 0.25) is 0 Å². The highest BCUT2D eigenvalue weighted by Crippen LogP contribution is 2.40. The zero-order valence-electron chi connectivity index (χ0n) is 15.7. The number of fused-ring (bicyclic) bond motifs is 2. The molecule has 1 aromatic carbocycles. The van der Waals surface area contributed by atoms with Crippen LogP contribution in [0.5, 0.6) is 0 Å². The van der Waals surface area contributed by atoms with Crippen molar-refractivity contribution < 1.29 is 19.1 Å². The van der Waals surface area contributed by atoms with Crippen LogP contribution in [0.1, 0.15) is 50.2 Å². The van der Waals surface area contributed by atoms with Gasteiger partial charge < -0.3 is 10.1 Å². The van der Waals surface area contributed by atoms with Crippen molar-refractivity contribution >= 4 is 23.3 Å². The van der Waals surface area contributed by atoms with Crippen LogP contribution in [-0.4, -0.2) is 23.8 Å². The third kappa shape index (κ3) is 3.97. The van der Waals surface area contributed by atoms with Gasteiger partial charge in [0.1, 0.15) is 5.78 Å². The van der Waals surface area contributed by atoms with Crippen LogP contribution < -0.4 is 5.32 Å². The van der Waals surface area contributed by atoms with Crippen molar-refractivity contribution in [3.8, 4) is 0 Å². The Balaban J connectivity index is 1.57. The zero-order valence-corrected chi connectivity index (χ0v) is 15.7. The van der Waals surface area contributed by atoms with Gasteiger partial charge in [0.05, 0.1) is 5.92 Å². The van der Waals surface area contributed by atoms with E-state index in [1.54, 1.807) is 6.92 Å². The number of Topliss-reactive ketones (excluding diaryl/α,β-unsaturated/α-hetero) is 1. The standard InChI is InChI=1S/C21H27NO4/c1-12-7-8-18(13(2)9-12)22-20(24)14(3)26-21(25)17-10-15-5-4-6-16(11-17)19(15)23/h7-9,14-17H,4-6,10-11H2,1-3H3,(H,22,24). The summed E-state index contributed by atoms with van der Waals surface area (Å²) in [5, 5.41) is 2.82. The molecule has 3 atom stereocenters. The molecule has 2 bridgehead atoms. The number of esters is 1. The molecule has 5 nitrogen and oxygen atoms in total. The second-order valence-electron chi connectivity index (χ2n) is 7.78. The Morgan fingerprint density at radius 3 is 2.42 bits per heavy atom. The molecule has 2 saturated carbocycles. The number of hydrogen-bond donors (Lipinski definition) is 1. The smallest absolute Gasteiger partial charge is 0.309 e. The topological polar surface area (TPSA) is 72.5 Å². The van der Waals surface area contributed by atoms with E-state index in [0.29, 0.717) is 18.6 Å². The van der Waals surface area contributed by atoms with Crippen LogP contribution in [0.25, 0.3) is 0 Å². The Labute approximate surface area is 154 Å². The third-order valence-electron chi connectivity index (χ3n) is 5.68. The summed E-state index contributed by atoms with van der Waals surface area (Å²) in [5.41, 5.74) is 2.81. The largest absolute Gasteiger partial charge is 0.452 e. The number of aryl methyl sites for hydroxylation is 2. The number of anilines is 1. The van der Waals surface area contributed by atoms with Gasteiger partial charge in [-0.15, -0.1) is 0 Å².